The van der Waals surface area contributed by atoms with Crippen LogP contribution < -0.4 is 4.89 Å². The molecule has 7 nitrogen and oxygen atoms in total. The summed E-state index contributed by atoms with van der Waals surface area (Å²) in [7, 11) is -4.16. The Kier molecular flexibility index (Phi) is 5.99. The van der Waals surface area contributed by atoms with Gasteiger partial charge in [0.1, 0.15) is 4.90 Å². The number of aliphatic hydroxyl groups is 1. The minimum Gasteiger partial charge on any atom is -0.396 e. The smallest absolute Gasteiger partial charge is 0.263 e. The summed E-state index contributed by atoms with van der Waals surface area (Å²) in [4.78, 5) is 15.0. The lowest BCUT2D eigenvalue weighted by atomic mass is 9.93. The molecule has 1 aliphatic rings. The van der Waals surface area contributed by atoms with Crippen LogP contribution in [-0.2, 0) is 10.0 Å². The highest BCUT2D eigenvalue weighted by Gasteiger charge is 2.25. The number of nitrogens with zero attached hydrogens (tertiary/aromatic N) is 1. The van der Waals surface area contributed by atoms with Crippen molar-refractivity contribution in [3.63, 3.8) is 0 Å². The largest absolute Gasteiger partial charge is 0.396 e. The Morgan fingerprint density at radius 1 is 1.35 bits per heavy atom. The van der Waals surface area contributed by atoms with Crippen LogP contribution >= 0.6 is 11.6 Å². The molecule has 9 heteroatoms. The van der Waals surface area contributed by atoms with Crippen molar-refractivity contribution in [2.75, 3.05) is 19.7 Å². The molecular weight excluding hydrogens is 344 g/mol. The fourth-order valence-electron chi connectivity index (χ4n) is 2.68. The van der Waals surface area contributed by atoms with Crippen LogP contribution in [0.3, 0.4) is 0 Å². The Bertz CT molecular complexity index is 672. The van der Waals surface area contributed by atoms with E-state index in [4.69, 9.17) is 21.9 Å². The van der Waals surface area contributed by atoms with E-state index < -0.39 is 10.0 Å². The Hall–Kier alpha value is -1.19. The molecule has 1 aliphatic heterocycles. The van der Waals surface area contributed by atoms with Crippen LogP contribution in [0, 0.1) is 5.92 Å². The quantitative estimate of drug-likeness (QED) is 0.683. The van der Waals surface area contributed by atoms with Gasteiger partial charge in [-0.1, -0.05) is 16.5 Å². The monoisotopic (exact) mass is 362 g/mol. The number of benzene rings is 1. The number of carbonyl (C=O) groups excluding carboxylic acids is 1. The normalized spacial score (nSPS) is 16.6. The van der Waals surface area contributed by atoms with E-state index in [1.165, 1.54) is 17.0 Å². The first kappa shape index (κ1) is 18.2. The number of nitrogens with one attached hydrogen (secondary N) is 1. The zero-order chi connectivity index (χ0) is 17.0. The van der Waals surface area contributed by atoms with Crippen molar-refractivity contribution in [2.45, 2.75) is 24.2 Å². The molecule has 23 heavy (non-hydrogen) atoms. The summed E-state index contributed by atoms with van der Waals surface area (Å²) in [6.45, 7) is 1.27. The number of sulfonamides is 1. The van der Waals surface area contributed by atoms with Crippen molar-refractivity contribution in [2.24, 2.45) is 5.92 Å². The van der Waals surface area contributed by atoms with Gasteiger partial charge in [0, 0.05) is 25.3 Å². The summed E-state index contributed by atoms with van der Waals surface area (Å²) in [5, 5.41) is 17.6. The lowest BCUT2D eigenvalue weighted by Gasteiger charge is -2.32. The van der Waals surface area contributed by atoms with Crippen molar-refractivity contribution >= 4 is 27.5 Å². The summed E-state index contributed by atoms with van der Waals surface area (Å²) in [6.07, 6.45) is 2.35. The average Bonchev–Trinajstić information content (AvgIpc) is 2.55. The predicted molar refractivity (Wildman–Crippen MR) is 83.9 cm³/mol. The number of amides is 1. The summed E-state index contributed by atoms with van der Waals surface area (Å²) in [5.74, 6) is 0.127. The fourth-order valence-corrected chi connectivity index (χ4v) is 3.81. The van der Waals surface area contributed by atoms with Gasteiger partial charge in [0.15, 0.2) is 0 Å². The minimum atomic E-state index is -4.16. The van der Waals surface area contributed by atoms with Crippen LogP contribution in [-0.4, -0.2) is 49.2 Å². The van der Waals surface area contributed by atoms with Crippen LogP contribution in [0.25, 0.3) is 0 Å². The van der Waals surface area contributed by atoms with Gasteiger partial charge in [-0.2, -0.15) is 0 Å². The van der Waals surface area contributed by atoms with Gasteiger partial charge in [0.05, 0.1) is 5.02 Å². The molecule has 0 spiro atoms. The molecule has 1 heterocycles. The second-order valence-electron chi connectivity index (χ2n) is 5.49. The van der Waals surface area contributed by atoms with Gasteiger partial charge in [-0.3, -0.25) is 4.79 Å². The number of hydrogen-bond donors (Lipinski definition) is 3. The van der Waals surface area contributed by atoms with Crippen LogP contribution in [0.1, 0.15) is 29.6 Å². The van der Waals surface area contributed by atoms with Crippen molar-refractivity contribution in [1.29, 1.82) is 0 Å². The highest BCUT2D eigenvalue weighted by atomic mass is 35.5. The van der Waals surface area contributed by atoms with E-state index in [1.54, 1.807) is 4.90 Å². The Balaban J connectivity index is 2.16. The number of likely N-dealkylation sites (tertiary alicyclic amines) is 1. The second kappa shape index (κ2) is 7.59. The van der Waals surface area contributed by atoms with Crippen LogP contribution in [0.4, 0.5) is 0 Å². The first-order chi connectivity index (χ1) is 10.9. The van der Waals surface area contributed by atoms with Gasteiger partial charge in [0.2, 0.25) is 0 Å². The standard InChI is InChI=1S/C14H19ClN2O5S/c15-12-2-1-11(9-13(12)23(21,22)16-20)14(19)17-6-3-10(4-7-17)5-8-18/h1-2,9-10,16,18,20H,3-8H2. The van der Waals surface area contributed by atoms with E-state index in [9.17, 15) is 13.2 Å². The molecule has 0 atom stereocenters. The molecule has 1 amide bonds. The summed E-state index contributed by atoms with van der Waals surface area (Å²) in [6, 6.07) is 3.93. The molecule has 0 aromatic heterocycles. The zero-order valence-corrected chi connectivity index (χ0v) is 14.0. The number of carbonyl (C=O) groups is 1. The van der Waals surface area contributed by atoms with Gasteiger partial charge in [0.25, 0.3) is 15.9 Å². The van der Waals surface area contributed by atoms with Gasteiger partial charge in [-0.15, -0.1) is 0 Å². The van der Waals surface area contributed by atoms with Gasteiger partial charge >= 0.3 is 0 Å². The highest BCUT2D eigenvalue weighted by Crippen LogP contribution is 2.25. The molecule has 1 fully saturated rings. The van der Waals surface area contributed by atoms with E-state index in [1.807, 2.05) is 0 Å². The van der Waals surface area contributed by atoms with Crippen molar-refractivity contribution in [1.82, 2.24) is 9.79 Å². The summed E-state index contributed by atoms with van der Waals surface area (Å²) >= 11 is 5.82. The van der Waals surface area contributed by atoms with E-state index in [2.05, 4.69) is 0 Å². The molecule has 0 aliphatic carbocycles. The number of halogens is 1. The third kappa shape index (κ3) is 4.21. The van der Waals surface area contributed by atoms with Crippen LogP contribution in [0.2, 0.25) is 5.02 Å². The molecule has 0 saturated carbocycles. The molecule has 128 valence electrons. The lowest BCUT2D eigenvalue weighted by molar-refractivity contribution is 0.0678. The molecule has 1 saturated heterocycles. The molecule has 2 rings (SSSR count). The van der Waals surface area contributed by atoms with Crippen molar-refractivity contribution < 1.29 is 23.5 Å². The molecule has 0 unspecified atom stereocenters. The molecule has 0 bridgehead atoms. The number of hydrogen-bond acceptors (Lipinski definition) is 5. The SMILES string of the molecule is O=C(c1ccc(Cl)c(S(=O)(=O)NO)c1)N1CCC(CCO)CC1. The maximum atomic E-state index is 12.5. The van der Waals surface area contributed by atoms with Crippen LogP contribution in [0.5, 0.6) is 0 Å². The Morgan fingerprint density at radius 2 is 2.00 bits per heavy atom. The molecular formula is C14H19ClN2O5S. The molecule has 1 aromatic carbocycles. The van der Waals surface area contributed by atoms with Gasteiger partial charge < -0.3 is 15.2 Å². The Morgan fingerprint density at radius 3 is 2.57 bits per heavy atom. The lowest BCUT2D eigenvalue weighted by Crippen LogP contribution is -2.38. The maximum Gasteiger partial charge on any atom is 0.263 e. The predicted octanol–water partition coefficient (Wildman–Crippen LogP) is 1.24. The van der Waals surface area contributed by atoms with Crippen molar-refractivity contribution in [3.05, 3.63) is 28.8 Å². The van der Waals surface area contributed by atoms with E-state index >= 15 is 0 Å². The zero-order valence-electron chi connectivity index (χ0n) is 12.4. The first-order valence-corrected chi connectivity index (χ1v) is 9.10. The summed E-state index contributed by atoms with van der Waals surface area (Å²) < 4.78 is 23.4. The maximum absolute atomic E-state index is 12.5. The third-order valence-corrected chi connectivity index (χ3v) is 5.63. The van der Waals surface area contributed by atoms with Crippen LogP contribution in [0.15, 0.2) is 23.1 Å². The van der Waals surface area contributed by atoms with E-state index in [-0.39, 0.29) is 28.0 Å². The Labute approximate surface area is 139 Å². The first-order valence-electron chi connectivity index (χ1n) is 7.24. The topological polar surface area (TPSA) is 107 Å². The second-order valence-corrected chi connectivity index (χ2v) is 7.52. The number of aliphatic hydroxyl groups excluding tert-OH is 1. The third-order valence-electron chi connectivity index (χ3n) is 4.03. The molecule has 3 N–H and O–H groups in total. The fraction of sp³-hybridized carbons (Fsp3) is 0.500. The molecule has 0 radical (unpaired) electrons. The summed E-state index contributed by atoms with van der Waals surface area (Å²) in [5.41, 5.74) is 0.198. The van der Waals surface area contributed by atoms with Gasteiger partial charge in [-0.25, -0.2) is 8.42 Å². The van der Waals surface area contributed by atoms with Gasteiger partial charge in [-0.05, 0) is 43.4 Å². The van der Waals surface area contributed by atoms with E-state index in [0.717, 1.165) is 25.3 Å². The molecule has 1 aromatic rings. The van der Waals surface area contributed by atoms with E-state index in [0.29, 0.717) is 19.0 Å². The minimum absolute atomic E-state index is 0.0789. The average molecular weight is 363 g/mol. The number of rotatable bonds is 5. The highest BCUT2D eigenvalue weighted by molar-refractivity contribution is 7.89. The van der Waals surface area contributed by atoms with Crippen molar-refractivity contribution in [3.8, 4) is 0 Å². The number of piperidine rings is 1.